The minimum absolute atomic E-state index is 0.850. The quantitative estimate of drug-likeness (QED) is 0.665. The van der Waals surface area contributed by atoms with Gasteiger partial charge in [0.05, 0.1) is 6.61 Å². The number of rotatable bonds is 10. The highest BCUT2D eigenvalue weighted by Gasteiger charge is 2.09. The Bertz CT molecular complexity index is 385. The summed E-state index contributed by atoms with van der Waals surface area (Å²) in [5.74, 6) is 1.01. The van der Waals surface area contributed by atoms with E-state index < -0.39 is 0 Å². The molecule has 1 fully saturated rings. The molecule has 0 unspecified atom stereocenters. The van der Waals surface area contributed by atoms with Gasteiger partial charge in [0.2, 0.25) is 0 Å². The zero-order chi connectivity index (χ0) is 15.5. The van der Waals surface area contributed by atoms with Gasteiger partial charge in [-0.05, 0) is 24.1 Å². The molecule has 0 aromatic heterocycles. The first-order chi connectivity index (χ1) is 10.9. The van der Waals surface area contributed by atoms with Gasteiger partial charge >= 0.3 is 0 Å². The summed E-state index contributed by atoms with van der Waals surface area (Å²) in [6.45, 7) is 8.68. The van der Waals surface area contributed by atoms with Crippen molar-refractivity contribution in [3.8, 4) is 5.75 Å². The van der Waals surface area contributed by atoms with Gasteiger partial charge < -0.3 is 10.1 Å². The third-order valence-electron chi connectivity index (χ3n) is 4.31. The van der Waals surface area contributed by atoms with Crippen molar-refractivity contribution in [3.63, 3.8) is 0 Å². The number of hydrogen-bond donors (Lipinski definition) is 1. The number of nitrogens with zero attached hydrogens (tertiary/aromatic N) is 1. The van der Waals surface area contributed by atoms with Crippen LogP contribution in [-0.4, -0.2) is 37.7 Å². The van der Waals surface area contributed by atoms with E-state index in [0.717, 1.165) is 45.1 Å². The normalized spacial score (nSPS) is 15.9. The highest BCUT2D eigenvalue weighted by Crippen LogP contribution is 2.15. The van der Waals surface area contributed by atoms with Crippen molar-refractivity contribution in [3.05, 3.63) is 29.8 Å². The maximum absolute atomic E-state index is 5.83. The van der Waals surface area contributed by atoms with Crippen LogP contribution in [0.1, 0.15) is 51.0 Å². The third-order valence-corrected chi connectivity index (χ3v) is 4.31. The Morgan fingerprint density at radius 3 is 2.36 bits per heavy atom. The van der Waals surface area contributed by atoms with Crippen LogP contribution in [0.15, 0.2) is 24.3 Å². The molecule has 22 heavy (non-hydrogen) atoms. The summed E-state index contributed by atoms with van der Waals surface area (Å²) in [5.41, 5.74) is 1.38. The number of hydrogen-bond acceptors (Lipinski definition) is 3. The second kappa shape index (κ2) is 10.6. The molecule has 124 valence electrons. The topological polar surface area (TPSA) is 24.5 Å². The van der Waals surface area contributed by atoms with Gasteiger partial charge in [0.15, 0.2) is 0 Å². The third kappa shape index (κ3) is 6.80. The molecule has 1 aromatic rings. The lowest BCUT2D eigenvalue weighted by Gasteiger charge is -2.27. The fourth-order valence-electron chi connectivity index (χ4n) is 2.89. The molecule has 0 atom stereocenters. The fraction of sp³-hybridized carbons (Fsp3) is 0.684. The summed E-state index contributed by atoms with van der Waals surface area (Å²) < 4.78 is 5.83. The van der Waals surface area contributed by atoms with E-state index in [0.29, 0.717) is 0 Å². The van der Waals surface area contributed by atoms with E-state index in [1.807, 2.05) is 0 Å². The first kappa shape index (κ1) is 17.3. The molecular formula is C19H32N2O. The van der Waals surface area contributed by atoms with Crippen LogP contribution in [0.5, 0.6) is 5.75 Å². The van der Waals surface area contributed by atoms with E-state index >= 15 is 0 Å². The van der Waals surface area contributed by atoms with Gasteiger partial charge in [0.25, 0.3) is 0 Å². The standard InChI is InChI=1S/C19H32N2O/c1-2-3-4-5-6-7-16-22-19-10-8-18(9-11-19)17-21-14-12-20-13-15-21/h8-11,20H,2-7,12-17H2,1H3. The number of ether oxygens (including phenoxy) is 1. The van der Waals surface area contributed by atoms with Gasteiger partial charge in [0, 0.05) is 32.7 Å². The van der Waals surface area contributed by atoms with Gasteiger partial charge in [0.1, 0.15) is 5.75 Å². The molecule has 2 rings (SSSR count). The van der Waals surface area contributed by atoms with Crippen LogP contribution in [0.25, 0.3) is 0 Å². The second-order valence-electron chi connectivity index (χ2n) is 6.29. The molecule has 1 N–H and O–H groups in total. The summed E-state index contributed by atoms with van der Waals surface area (Å²) in [6, 6.07) is 8.65. The minimum Gasteiger partial charge on any atom is -0.494 e. The van der Waals surface area contributed by atoms with Crippen LogP contribution in [0.3, 0.4) is 0 Å². The Labute approximate surface area is 136 Å². The van der Waals surface area contributed by atoms with Crippen LogP contribution >= 0.6 is 0 Å². The summed E-state index contributed by atoms with van der Waals surface area (Å²) in [4.78, 5) is 2.50. The van der Waals surface area contributed by atoms with E-state index in [-0.39, 0.29) is 0 Å². The Morgan fingerprint density at radius 1 is 0.955 bits per heavy atom. The van der Waals surface area contributed by atoms with E-state index in [2.05, 4.69) is 41.4 Å². The van der Waals surface area contributed by atoms with Crippen LogP contribution in [0.4, 0.5) is 0 Å². The average Bonchev–Trinajstić information content (AvgIpc) is 2.56. The fourth-order valence-corrected chi connectivity index (χ4v) is 2.89. The summed E-state index contributed by atoms with van der Waals surface area (Å²) in [6.07, 6.45) is 7.87. The van der Waals surface area contributed by atoms with Gasteiger partial charge in [-0.3, -0.25) is 4.90 Å². The summed E-state index contributed by atoms with van der Waals surface area (Å²) in [5, 5.41) is 3.39. The van der Waals surface area contributed by atoms with Gasteiger partial charge in [-0.2, -0.15) is 0 Å². The smallest absolute Gasteiger partial charge is 0.119 e. The molecule has 0 aliphatic carbocycles. The Hall–Kier alpha value is -1.06. The highest BCUT2D eigenvalue weighted by molar-refractivity contribution is 5.27. The molecule has 1 aliphatic rings. The molecule has 0 radical (unpaired) electrons. The monoisotopic (exact) mass is 304 g/mol. The van der Waals surface area contributed by atoms with E-state index in [9.17, 15) is 0 Å². The minimum atomic E-state index is 0.850. The van der Waals surface area contributed by atoms with Gasteiger partial charge in [-0.15, -0.1) is 0 Å². The molecule has 0 bridgehead atoms. The second-order valence-corrected chi connectivity index (χ2v) is 6.29. The van der Waals surface area contributed by atoms with E-state index in [1.165, 1.54) is 44.1 Å². The summed E-state index contributed by atoms with van der Waals surface area (Å²) in [7, 11) is 0. The molecule has 3 nitrogen and oxygen atoms in total. The van der Waals surface area contributed by atoms with Crippen LogP contribution in [0, 0.1) is 0 Å². The van der Waals surface area contributed by atoms with Crippen molar-refractivity contribution < 1.29 is 4.74 Å². The predicted molar refractivity (Wildman–Crippen MR) is 93.5 cm³/mol. The van der Waals surface area contributed by atoms with Crippen molar-refractivity contribution in [2.24, 2.45) is 0 Å². The van der Waals surface area contributed by atoms with Crippen LogP contribution < -0.4 is 10.1 Å². The number of unbranched alkanes of at least 4 members (excludes halogenated alkanes) is 5. The molecular weight excluding hydrogens is 272 g/mol. The molecule has 1 heterocycles. The maximum Gasteiger partial charge on any atom is 0.119 e. The van der Waals surface area contributed by atoms with Crippen LogP contribution in [-0.2, 0) is 6.54 Å². The molecule has 3 heteroatoms. The Balaban J connectivity index is 1.59. The van der Waals surface area contributed by atoms with Gasteiger partial charge in [-0.25, -0.2) is 0 Å². The van der Waals surface area contributed by atoms with E-state index in [1.54, 1.807) is 0 Å². The lowest BCUT2D eigenvalue weighted by molar-refractivity contribution is 0.233. The average molecular weight is 304 g/mol. The van der Waals surface area contributed by atoms with E-state index in [4.69, 9.17) is 4.74 Å². The molecule has 1 aliphatic heterocycles. The highest BCUT2D eigenvalue weighted by atomic mass is 16.5. The lowest BCUT2D eigenvalue weighted by atomic mass is 10.1. The largest absolute Gasteiger partial charge is 0.494 e. The van der Waals surface area contributed by atoms with Crippen molar-refractivity contribution in [1.82, 2.24) is 10.2 Å². The molecule has 0 spiro atoms. The van der Waals surface area contributed by atoms with Crippen LogP contribution in [0.2, 0.25) is 0 Å². The summed E-state index contributed by atoms with van der Waals surface area (Å²) >= 11 is 0. The molecule has 0 amide bonds. The zero-order valence-corrected chi connectivity index (χ0v) is 14.2. The van der Waals surface area contributed by atoms with Crippen molar-refractivity contribution in [1.29, 1.82) is 0 Å². The Kier molecular flexibility index (Phi) is 8.36. The van der Waals surface area contributed by atoms with Crippen molar-refractivity contribution >= 4 is 0 Å². The number of nitrogens with one attached hydrogen (secondary N) is 1. The number of benzene rings is 1. The molecule has 1 aromatic carbocycles. The molecule has 1 saturated heterocycles. The predicted octanol–water partition coefficient (Wildman–Crippen LogP) is 3.83. The zero-order valence-electron chi connectivity index (χ0n) is 14.2. The Morgan fingerprint density at radius 2 is 1.64 bits per heavy atom. The lowest BCUT2D eigenvalue weighted by Crippen LogP contribution is -2.42. The first-order valence-corrected chi connectivity index (χ1v) is 9.03. The van der Waals surface area contributed by atoms with Crippen molar-refractivity contribution in [2.45, 2.75) is 52.0 Å². The maximum atomic E-state index is 5.83. The SMILES string of the molecule is CCCCCCCCOc1ccc(CN2CCNCC2)cc1. The first-order valence-electron chi connectivity index (χ1n) is 9.03. The number of piperazine rings is 1. The molecule has 0 saturated carbocycles. The van der Waals surface area contributed by atoms with Gasteiger partial charge in [-0.1, -0.05) is 51.2 Å². The van der Waals surface area contributed by atoms with Crippen molar-refractivity contribution in [2.75, 3.05) is 32.8 Å².